The van der Waals surface area contributed by atoms with E-state index in [-0.39, 0.29) is 0 Å². The molecule has 1 N–H and O–H groups in total. The zero-order chi connectivity index (χ0) is 24.3. The molecule has 34 heavy (non-hydrogen) atoms. The molecule has 3 aromatic carbocycles. The highest BCUT2D eigenvalue weighted by Gasteiger charge is 2.29. The monoisotopic (exact) mass is 460 g/mol. The lowest BCUT2D eigenvalue weighted by Crippen LogP contribution is -2.37. The normalized spacial score (nSPS) is 11.4. The van der Waals surface area contributed by atoms with Gasteiger partial charge >= 0.3 is 5.97 Å². The van der Waals surface area contributed by atoms with E-state index in [1.807, 2.05) is 12.1 Å². The fourth-order valence-electron chi connectivity index (χ4n) is 3.68. The highest BCUT2D eigenvalue weighted by atomic mass is 16.5. The Bertz CT molecular complexity index is 1290. The maximum Gasteiger partial charge on any atom is 0.347 e. The van der Waals surface area contributed by atoms with Gasteiger partial charge in [-0.3, -0.25) is 0 Å². The first-order valence-corrected chi connectivity index (χ1v) is 11.3. The lowest BCUT2D eigenvalue weighted by Gasteiger charge is -2.21. The molecule has 4 rings (SSSR count). The van der Waals surface area contributed by atoms with Crippen LogP contribution in [0.25, 0.3) is 22.2 Å². The summed E-state index contributed by atoms with van der Waals surface area (Å²) in [7, 11) is 0. The van der Waals surface area contributed by atoms with Gasteiger partial charge in [0.25, 0.3) is 0 Å². The Balaban J connectivity index is 1.54. The molecule has 0 spiro atoms. The van der Waals surface area contributed by atoms with Crippen molar-refractivity contribution in [2.45, 2.75) is 33.3 Å². The highest BCUT2D eigenvalue weighted by molar-refractivity contribution is 5.92. The Morgan fingerprint density at radius 2 is 1.65 bits per heavy atom. The van der Waals surface area contributed by atoms with Crippen molar-refractivity contribution in [1.82, 2.24) is 5.16 Å². The molecule has 1 heterocycles. The fourth-order valence-corrected chi connectivity index (χ4v) is 3.68. The zero-order valence-corrected chi connectivity index (χ0v) is 19.7. The molecule has 0 amide bonds. The van der Waals surface area contributed by atoms with E-state index in [4.69, 9.17) is 14.0 Å². The second kappa shape index (κ2) is 9.47. The minimum Gasteiger partial charge on any atom is -0.478 e. The lowest BCUT2D eigenvalue weighted by atomic mass is 10.1. The van der Waals surface area contributed by atoms with E-state index in [1.165, 1.54) is 19.5 Å². The van der Waals surface area contributed by atoms with Gasteiger partial charge < -0.3 is 24.0 Å². The van der Waals surface area contributed by atoms with Crippen molar-refractivity contribution in [2.75, 3.05) is 18.0 Å². The number of carboxylic acids is 1. The van der Waals surface area contributed by atoms with E-state index in [0.717, 1.165) is 29.7 Å². The molecule has 0 fully saturated rings. The van der Waals surface area contributed by atoms with Crippen molar-refractivity contribution in [1.29, 1.82) is 0 Å². The summed E-state index contributed by atoms with van der Waals surface area (Å²) in [5.74, 6) is 0.445. The molecule has 0 aliphatic rings. The first-order chi connectivity index (χ1) is 16.3. The Hall–Kier alpha value is -4.00. The third-order valence-corrected chi connectivity index (χ3v) is 5.64. The van der Waals surface area contributed by atoms with Crippen LogP contribution in [0.2, 0.25) is 0 Å². The van der Waals surface area contributed by atoms with Gasteiger partial charge in [0.1, 0.15) is 22.9 Å². The molecule has 4 aromatic rings. The average Bonchev–Trinajstić information content (AvgIpc) is 3.23. The van der Waals surface area contributed by atoms with Gasteiger partial charge in [-0.2, -0.15) is 0 Å². The van der Waals surface area contributed by atoms with E-state index in [2.05, 4.69) is 48.2 Å². The van der Waals surface area contributed by atoms with Crippen molar-refractivity contribution < 1.29 is 23.9 Å². The van der Waals surface area contributed by atoms with Crippen LogP contribution in [0.1, 0.15) is 27.7 Å². The number of rotatable bonds is 9. The number of carboxylic acid groups (broad SMARTS) is 1. The van der Waals surface area contributed by atoms with Crippen LogP contribution in [0.15, 0.2) is 71.3 Å². The maximum absolute atomic E-state index is 11.3. The van der Waals surface area contributed by atoms with E-state index >= 15 is 0 Å². The first-order valence-electron chi connectivity index (χ1n) is 11.3. The molecule has 7 nitrogen and oxygen atoms in total. The molecular formula is C27H28N2O5. The summed E-state index contributed by atoms with van der Waals surface area (Å²) in [6, 6.07) is 20.7. The number of carbonyl (C=O) groups is 1. The van der Waals surface area contributed by atoms with Gasteiger partial charge in [0, 0.05) is 41.9 Å². The lowest BCUT2D eigenvalue weighted by molar-refractivity contribution is -0.152. The Morgan fingerprint density at radius 1 is 0.971 bits per heavy atom. The minimum absolute atomic E-state index is 0.404. The molecule has 176 valence electrons. The van der Waals surface area contributed by atoms with Crippen molar-refractivity contribution in [3.05, 3.63) is 66.7 Å². The summed E-state index contributed by atoms with van der Waals surface area (Å²) in [4.78, 5) is 13.6. The average molecular weight is 461 g/mol. The molecule has 0 radical (unpaired) electrons. The second-order valence-corrected chi connectivity index (χ2v) is 8.40. The van der Waals surface area contributed by atoms with E-state index in [9.17, 15) is 9.90 Å². The van der Waals surface area contributed by atoms with E-state index in [0.29, 0.717) is 22.8 Å². The van der Waals surface area contributed by atoms with Crippen molar-refractivity contribution in [2.24, 2.45) is 0 Å². The summed E-state index contributed by atoms with van der Waals surface area (Å²) >= 11 is 0. The van der Waals surface area contributed by atoms with E-state index < -0.39 is 11.6 Å². The highest BCUT2D eigenvalue weighted by Crippen LogP contribution is 2.34. The number of benzene rings is 3. The molecule has 0 saturated carbocycles. The second-order valence-electron chi connectivity index (χ2n) is 8.40. The van der Waals surface area contributed by atoms with Gasteiger partial charge in [-0.15, -0.1) is 0 Å². The predicted octanol–water partition coefficient (Wildman–Crippen LogP) is 6.38. The van der Waals surface area contributed by atoms with Gasteiger partial charge in [0.2, 0.25) is 0 Å². The zero-order valence-electron chi connectivity index (χ0n) is 19.7. The van der Waals surface area contributed by atoms with Crippen LogP contribution in [0.3, 0.4) is 0 Å². The van der Waals surface area contributed by atoms with Crippen LogP contribution in [0.4, 0.5) is 5.69 Å². The van der Waals surface area contributed by atoms with Gasteiger partial charge in [-0.05, 0) is 64.1 Å². The molecule has 0 bridgehead atoms. The van der Waals surface area contributed by atoms with Crippen molar-refractivity contribution >= 4 is 22.6 Å². The molecule has 7 heteroatoms. The van der Waals surface area contributed by atoms with Crippen LogP contribution >= 0.6 is 0 Å². The largest absolute Gasteiger partial charge is 0.478 e. The standard InChI is InChI=1S/C27H28N2O5/c1-5-29(6-2)19-12-10-18(11-13-19)25-23-15-14-21(17-24(23)34-28-25)32-20-8-7-9-22(16-20)33-27(3,4)26(30)31/h7-17H,5-6H2,1-4H3,(H,30,31). The smallest absolute Gasteiger partial charge is 0.347 e. The number of hydrogen-bond donors (Lipinski definition) is 1. The summed E-state index contributed by atoms with van der Waals surface area (Å²) in [5.41, 5.74) is 2.19. The summed E-state index contributed by atoms with van der Waals surface area (Å²) in [5, 5.41) is 14.4. The van der Waals surface area contributed by atoms with E-state index in [1.54, 1.807) is 30.3 Å². The Labute approximate surface area is 198 Å². The number of anilines is 1. The number of aliphatic carboxylic acids is 1. The Morgan fingerprint density at radius 3 is 2.32 bits per heavy atom. The van der Waals surface area contributed by atoms with Crippen LogP contribution in [-0.2, 0) is 4.79 Å². The Kier molecular flexibility index (Phi) is 6.45. The maximum atomic E-state index is 11.3. The van der Waals surface area contributed by atoms with Gasteiger partial charge in [0.05, 0.1) is 0 Å². The van der Waals surface area contributed by atoms with Crippen molar-refractivity contribution in [3.63, 3.8) is 0 Å². The van der Waals surface area contributed by atoms with Gasteiger partial charge in [-0.25, -0.2) is 4.79 Å². The van der Waals surface area contributed by atoms with Crippen molar-refractivity contribution in [3.8, 4) is 28.5 Å². The number of nitrogens with zero attached hydrogens (tertiary/aromatic N) is 2. The fraction of sp³-hybridized carbons (Fsp3) is 0.259. The third kappa shape index (κ3) is 4.83. The molecule has 0 aliphatic heterocycles. The summed E-state index contributed by atoms with van der Waals surface area (Å²) in [6.07, 6.45) is 0. The SMILES string of the molecule is CCN(CC)c1ccc(-c2noc3cc(Oc4cccc(OC(C)(C)C(=O)O)c4)ccc23)cc1. The molecule has 1 aromatic heterocycles. The number of aromatic nitrogens is 1. The molecular weight excluding hydrogens is 432 g/mol. The van der Waals surface area contributed by atoms with Crippen LogP contribution in [0.5, 0.6) is 17.2 Å². The minimum atomic E-state index is -1.35. The van der Waals surface area contributed by atoms with Gasteiger partial charge in [-0.1, -0.05) is 23.4 Å². The molecule has 0 saturated heterocycles. The van der Waals surface area contributed by atoms with Crippen LogP contribution in [0, 0.1) is 0 Å². The number of fused-ring (bicyclic) bond motifs is 1. The molecule has 0 aliphatic carbocycles. The van der Waals surface area contributed by atoms with Crippen LogP contribution < -0.4 is 14.4 Å². The van der Waals surface area contributed by atoms with Crippen LogP contribution in [-0.4, -0.2) is 34.9 Å². The molecule has 0 atom stereocenters. The third-order valence-electron chi connectivity index (χ3n) is 5.64. The number of ether oxygens (including phenoxy) is 2. The quantitative estimate of drug-likeness (QED) is 0.310. The predicted molar refractivity (Wildman–Crippen MR) is 132 cm³/mol. The summed E-state index contributed by atoms with van der Waals surface area (Å²) < 4.78 is 17.1. The molecule has 0 unspecified atom stereocenters. The van der Waals surface area contributed by atoms with Gasteiger partial charge in [0.15, 0.2) is 11.2 Å². The first kappa shape index (κ1) is 23.2. The summed E-state index contributed by atoms with van der Waals surface area (Å²) in [6.45, 7) is 9.19. The topological polar surface area (TPSA) is 85.0 Å². The number of hydrogen-bond acceptors (Lipinski definition) is 6.